The first-order valence-electron chi connectivity index (χ1n) is 11.2. The van der Waals surface area contributed by atoms with Gasteiger partial charge in [0, 0.05) is 50.2 Å². The smallest absolute Gasteiger partial charge is 0.261 e. The minimum Gasteiger partial charge on any atom is -0.354 e. The quantitative estimate of drug-likeness (QED) is 0.541. The molecule has 0 radical (unpaired) electrons. The average Bonchev–Trinajstić information content (AvgIpc) is 2.83. The van der Waals surface area contributed by atoms with E-state index < -0.39 is 10.0 Å². The zero-order valence-electron chi connectivity index (χ0n) is 19.4. The fourth-order valence-corrected chi connectivity index (χ4v) is 4.89. The van der Waals surface area contributed by atoms with Gasteiger partial charge in [-0.25, -0.2) is 13.4 Å². The lowest BCUT2D eigenvalue weighted by molar-refractivity contribution is 0.0950. The third-order valence-electron chi connectivity index (χ3n) is 5.77. The number of anilines is 2. The van der Waals surface area contributed by atoms with Crippen LogP contribution in [0.1, 0.15) is 21.5 Å². The number of amides is 1. The highest BCUT2D eigenvalue weighted by atomic mass is 32.2. The molecule has 1 aliphatic heterocycles. The molecular weight excluding hydrogens is 450 g/mol. The maximum absolute atomic E-state index is 12.8. The van der Waals surface area contributed by atoms with Gasteiger partial charge in [0.25, 0.3) is 15.9 Å². The summed E-state index contributed by atoms with van der Waals surface area (Å²) in [6.45, 7) is 6.01. The van der Waals surface area contributed by atoms with E-state index in [9.17, 15) is 13.2 Å². The molecule has 1 saturated heterocycles. The Bertz CT molecular complexity index is 1270. The lowest BCUT2D eigenvalue weighted by Crippen LogP contribution is -2.44. The van der Waals surface area contributed by atoms with Crippen LogP contribution in [0.25, 0.3) is 0 Å². The molecule has 0 atom stereocenters. The second kappa shape index (κ2) is 10.2. The summed E-state index contributed by atoms with van der Waals surface area (Å²) in [4.78, 5) is 21.8. The van der Waals surface area contributed by atoms with Crippen LogP contribution in [0, 0.1) is 6.92 Å². The zero-order valence-corrected chi connectivity index (χ0v) is 20.2. The van der Waals surface area contributed by atoms with Crippen molar-refractivity contribution >= 4 is 27.4 Å². The molecule has 2 N–H and O–H groups in total. The van der Waals surface area contributed by atoms with Gasteiger partial charge < -0.3 is 15.1 Å². The fourth-order valence-electron chi connectivity index (χ4n) is 3.79. The van der Waals surface area contributed by atoms with Gasteiger partial charge in [0.2, 0.25) is 0 Å². The number of hydrogen-bond acceptors (Lipinski definition) is 6. The van der Waals surface area contributed by atoms with Crippen molar-refractivity contribution in [2.45, 2.75) is 18.4 Å². The van der Waals surface area contributed by atoms with Crippen molar-refractivity contribution in [2.75, 3.05) is 42.8 Å². The number of nitrogens with one attached hydrogen (secondary N) is 2. The second-order valence-corrected chi connectivity index (χ2v) is 10.2. The molecule has 0 saturated carbocycles. The van der Waals surface area contributed by atoms with Gasteiger partial charge in [-0.2, -0.15) is 0 Å². The number of benzene rings is 2. The molecule has 0 unspecified atom stereocenters. The Balaban J connectivity index is 1.41. The lowest BCUT2D eigenvalue weighted by atomic mass is 10.2. The standard InChI is InChI=1S/C25H29N5O3S/c1-19-5-3-7-22(15-19)28-34(32,33)23-8-4-6-21(17-23)25(31)27-18-20-9-10-26-24(16-20)30-13-11-29(2)12-14-30/h3-10,15-17,28H,11-14,18H2,1-2H3,(H,27,31). The van der Waals surface area contributed by atoms with E-state index in [-0.39, 0.29) is 16.4 Å². The largest absolute Gasteiger partial charge is 0.354 e. The lowest BCUT2D eigenvalue weighted by Gasteiger charge is -2.33. The van der Waals surface area contributed by atoms with Crippen LogP contribution in [0.4, 0.5) is 11.5 Å². The number of piperazine rings is 1. The Hall–Kier alpha value is -3.43. The average molecular weight is 480 g/mol. The van der Waals surface area contributed by atoms with Gasteiger partial charge in [0.1, 0.15) is 5.82 Å². The van der Waals surface area contributed by atoms with Crippen LogP contribution in [0.15, 0.2) is 71.8 Å². The highest BCUT2D eigenvalue weighted by Gasteiger charge is 2.18. The molecule has 2 heterocycles. The van der Waals surface area contributed by atoms with Gasteiger partial charge >= 0.3 is 0 Å². The van der Waals surface area contributed by atoms with E-state index in [2.05, 4.69) is 31.9 Å². The van der Waals surface area contributed by atoms with Crippen LogP contribution in [-0.2, 0) is 16.6 Å². The Morgan fingerprint density at radius 3 is 2.53 bits per heavy atom. The Labute approximate surface area is 200 Å². The highest BCUT2D eigenvalue weighted by Crippen LogP contribution is 2.19. The van der Waals surface area contributed by atoms with Crippen LogP contribution in [0.3, 0.4) is 0 Å². The van der Waals surface area contributed by atoms with Crippen molar-refractivity contribution in [3.05, 3.63) is 83.6 Å². The molecule has 178 valence electrons. The maximum atomic E-state index is 12.8. The van der Waals surface area contributed by atoms with Crippen molar-refractivity contribution < 1.29 is 13.2 Å². The number of carbonyl (C=O) groups excluding carboxylic acids is 1. The first-order valence-corrected chi connectivity index (χ1v) is 12.6. The number of pyridine rings is 1. The van der Waals surface area contributed by atoms with Crippen molar-refractivity contribution in [3.63, 3.8) is 0 Å². The number of hydrogen-bond donors (Lipinski definition) is 2. The minimum absolute atomic E-state index is 0.0305. The summed E-state index contributed by atoms with van der Waals surface area (Å²) in [5.74, 6) is 0.556. The van der Waals surface area contributed by atoms with Crippen LogP contribution < -0.4 is 14.9 Å². The third-order valence-corrected chi connectivity index (χ3v) is 7.15. The Morgan fingerprint density at radius 1 is 1.00 bits per heavy atom. The number of carbonyl (C=O) groups is 1. The predicted molar refractivity (Wildman–Crippen MR) is 134 cm³/mol. The highest BCUT2D eigenvalue weighted by molar-refractivity contribution is 7.92. The number of aromatic nitrogens is 1. The first kappa shape index (κ1) is 23.7. The maximum Gasteiger partial charge on any atom is 0.261 e. The van der Waals surface area contributed by atoms with Crippen molar-refractivity contribution in [2.24, 2.45) is 0 Å². The predicted octanol–water partition coefficient (Wildman–Crippen LogP) is 2.87. The third kappa shape index (κ3) is 5.92. The van der Waals surface area contributed by atoms with E-state index in [4.69, 9.17) is 0 Å². The summed E-state index contributed by atoms with van der Waals surface area (Å²) in [7, 11) is -1.72. The van der Waals surface area contributed by atoms with Gasteiger partial charge in [-0.1, -0.05) is 18.2 Å². The molecule has 0 spiro atoms. The zero-order chi connectivity index (χ0) is 24.1. The van der Waals surface area contributed by atoms with Crippen molar-refractivity contribution in [1.29, 1.82) is 0 Å². The fraction of sp³-hybridized carbons (Fsp3) is 0.280. The molecule has 0 aliphatic carbocycles. The number of aryl methyl sites for hydroxylation is 1. The van der Waals surface area contributed by atoms with E-state index in [0.29, 0.717) is 12.2 Å². The number of sulfonamides is 1. The van der Waals surface area contributed by atoms with Crippen LogP contribution in [0.5, 0.6) is 0 Å². The van der Waals surface area contributed by atoms with E-state index in [1.165, 1.54) is 12.1 Å². The molecule has 4 rings (SSSR count). The number of rotatable bonds is 7. The molecule has 34 heavy (non-hydrogen) atoms. The van der Waals surface area contributed by atoms with E-state index >= 15 is 0 Å². The molecule has 1 amide bonds. The summed E-state index contributed by atoms with van der Waals surface area (Å²) in [5.41, 5.74) is 2.63. The summed E-state index contributed by atoms with van der Waals surface area (Å²) in [5, 5.41) is 2.88. The van der Waals surface area contributed by atoms with Gasteiger partial charge in [0.15, 0.2) is 0 Å². The second-order valence-electron chi connectivity index (χ2n) is 8.50. The molecule has 1 aromatic heterocycles. The summed E-state index contributed by atoms with van der Waals surface area (Å²) < 4.78 is 28.2. The summed E-state index contributed by atoms with van der Waals surface area (Å²) >= 11 is 0. The van der Waals surface area contributed by atoms with Gasteiger partial charge in [-0.3, -0.25) is 9.52 Å². The normalized spacial score (nSPS) is 14.6. The van der Waals surface area contributed by atoms with Crippen LogP contribution in [-0.4, -0.2) is 57.4 Å². The van der Waals surface area contributed by atoms with E-state index in [1.54, 1.807) is 36.5 Å². The van der Waals surface area contributed by atoms with Gasteiger partial charge in [-0.15, -0.1) is 0 Å². The molecule has 1 fully saturated rings. The van der Waals surface area contributed by atoms with Crippen LogP contribution >= 0.6 is 0 Å². The molecule has 9 heteroatoms. The molecule has 8 nitrogen and oxygen atoms in total. The van der Waals surface area contributed by atoms with Gasteiger partial charge in [0.05, 0.1) is 4.90 Å². The first-order chi connectivity index (χ1) is 16.3. The molecule has 0 bridgehead atoms. The monoisotopic (exact) mass is 479 g/mol. The Kier molecular flexibility index (Phi) is 7.14. The molecule has 3 aromatic rings. The van der Waals surface area contributed by atoms with E-state index in [0.717, 1.165) is 43.1 Å². The minimum atomic E-state index is -3.82. The molecular formula is C25H29N5O3S. The van der Waals surface area contributed by atoms with Gasteiger partial charge in [-0.05, 0) is 67.6 Å². The summed E-state index contributed by atoms with van der Waals surface area (Å²) in [6.07, 6.45) is 1.75. The summed E-state index contributed by atoms with van der Waals surface area (Å²) in [6, 6.07) is 17.0. The van der Waals surface area contributed by atoms with Crippen molar-refractivity contribution in [3.8, 4) is 0 Å². The number of likely N-dealkylation sites (N-methyl/N-ethyl adjacent to an activating group) is 1. The molecule has 1 aliphatic rings. The number of nitrogens with zero attached hydrogens (tertiary/aromatic N) is 3. The van der Waals surface area contributed by atoms with Crippen molar-refractivity contribution in [1.82, 2.24) is 15.2 Å². The Morgan fingerprint density at radius 2 is 1.76 bits per heavy atom. The van der Waals surface area contributed by atoms with E-state index in [1.807, 2.05) is 25.1 Å². The molecule has 2 aromatic carbocycles. The topological polar surface area (TPSA) is 94.6 Å². The SMILES string of the molecule is Cc1cccc(NS(=O)(=O)c2cccc(C(=O)NCc3ccnc(N4CCN(C)CC4)c3)c2)c1. The van der Waals surface area contributed by atoms with Crippen LogP contribution in [0.2, 0.25) is 0 Å².